The van der Waals surface area contributed by atoms with Crippen LogP contribution in [-0.4, -0.2) is 32.3 Å². The van der Waals surface area contributed by atoms with Crippen molar-refractivity contribution < 1.29 is 98.8 Å². The SMILES string of the molecule is O.O.O=P([O-])(O)C(NC1CCCCCC1)P(=O)([O-])O.[Na+].[Na+]. The van der Waals surface area contributed by atoms with Gasteiger partial charge >= 0.3 is 59.1 Å². The predicted molar refractivity (Wildman–Crippen MR) is 65.3 cm³/mol. The van der Waals surface area contributed by atoms with Gasteiger partial charge in [-0.25, -0.2) is 0 Å². The smallest absolute Gasteiger partial charge is 0.777 e. The van der Waals surface area contributed by atoms with Crippen LogP contribution in [0.15, 0.2) is 0 Å². The van der Waals surface area contributed by atoms with E-state index in [1.807, 2.05) is 0 Å². The quantitative estimate of drug-likeness (QED) is 0.249. The van der Waals surface area contributed by atoms with Gasteiger partial charge in [-0.2, -0.15) is 0 Å². The average molecular weight is 367 g/mol. The van der Waals surface area contributed by atoms with Gasteiger partial charge in [-0.05, 0) is 12.8 Å². The maximum absolute atomic E-state index is 10.9. The van der Waals surface area contributed by atoms with E-state index in [0.717, 1.165) is 25.7 Å². The molecule has 0 spiro atoms. The fourth-order valence-corrected chi connectivity index (χ4v) is 4.30. The second kappa shape index (κ2) is 13.5. The van der Waals surface area contributed by atoms with Crippen LogP contribution in [0.2, 0.25) is 0 Å². The Kier molecular flexibility index (Phi) is 19.9. The van der Waals surface area contributed by atoms with E-state index in [0.29, 0.717) is 12.8 Å². The molecule has 0 aromatic rings. The largest absolute Gasteiger partial charge is 1.00 e. The molecule has 9 nitrogen and oxygen atoms in total. The number of hydrogen-bond donors (Lipinski definition) is 3. The van der Waals surface area contributed by atoms with Crippen LogP contribution in [0, 0.1) is 0 Å². The molecular weight excluding hydrogens is 346 g/mol. The minimum Gasteiger partial charge on any atom is -0.777 e. The number of rotatable bonds is 4. The van der Waals surface area contributed by atoms with Gasteiger partial charge in [0.05, 0.1) is 0 Å². The van der Waals surface area contributed by atoms with Crippen LogP contribution in [-0.2, 0) is 9.13 Å². The molecule has 1 saturated carbocycles. The molecule has 21 heavy (non-hydrogen) atoms. The Bertz CT molecular complexity index is 319. The topological polar surface area (TPSA) is 196 Å². The molecule has 0 heterocycles. The third kappa shape index (κ3) is 12.2. The minimum absolute atomic E-state index is 0. The van der Waals surface area contributed by atoms with E-state index >= 15 is 0 Å². The third-order valence-electron chi connectivity index (χ3n) is 2.86. The summed E-state index contributed by atoms with van der Waals surface area (Å²) < 4.78 is 21.9. The van der Waals surface area contributed by atoms with Gasteiger partial charge in [0.25, 0.3) is 0 Å². The zero-order chi connectivity index (χ0) is 13.1. The van der Waals surface area contributed by atoms with Gasteiger partial charge in [-0.1, -0.05) is 25.7 Å². The number of hydrogen-bond acceptors (Lipinski definition) is 5. The first kappa shape index (κ1) is 31.0. The molecule has 0 aromatic heterocycles. The summed E-state index contributed by atoms with van der Waals surface area (Å²) in [7, 11) is -10.3. The average Bonchev–Trinajstić information content (AvgIpc) is 2.38. The van der Waals surface area contributed by atoms with Crippen LogP contribution in [0.1, 0.15) is 38.5 Å². The summed E-state index contributed by atoms with van der Waals surface area (Å²) in [6.45, 7) is 0. The molecule has 2 unspecified atom stereocenters. The summed E-state index contributed by atoms with van der Waals surface area (Å²) in [6, 6.07) is -0.314. The van der Waals surface area contributed by atoms with E-state index in [1.165, 1.54) is 0 Å². The van der Waals surface area contributed by atoms with Crippen molar-refractivity contribution in [2.24, 2.45) is 0 Å². The Balaban J connectivity index is -0.000000361. The molecule has 7 N–H and O–H groups in total. The van der Waals surface area contributed by atoms with Crippen molar-refractivity contribution in [3.63, 3.8) is 0 Å². The molecule has 1 aliphatic carbocycles. The van der Waals surface area contributed by atoms with Crippen molar-refractivity contribution in [1.29, 1.82) is 0 Å². The maximum atomic E-state index is 10.9. The first-order valence-electron chi connectivity index (χ1n) is 5.54. The van der Waals surface area contributed by atoms with E-state index in [9.17, 15) is 18.9 Å². The van der Waals surface area contributed by atoms with Gasteiger partial charge in [0.2, 0.25) is 0 Å². The van der Waals surface area contributed by atoms with E-state index in [-0.39, 0.29) is 76.1 Å². The van der Waals surface area contributed by atoms with E-state index in [4.69, 9.17) is 9.79 Å². The molecule has 1 rings (SSSR count). The molecule has 2 atom stereocenters. The predicted octanol–water partition coefficient (Wildman–Crippen LogP) is -7.97. The van der Waals surface area contributed by atoms with E-state index in [1.54, 1.807) is 0 Å². The van der Waals surface area contributed by atoms with E-state index in [2.05, 4.69) is 5.32 Å². The van der Waals surface area contributed by atoms with Crippen LogP contribution in [0.4, 0.5) is 0 Å². The molecule has 0 saturated heterocycles. The summed E-state index contributed by atoms with van der Waals surface area (Å²) in [5, 5.41) is 2.32. The summed E-state index contributed by atoms with van der Waals surface area (Å²) in [5.41, 5.74) is -2.29. The van der Waals surface area contributed by atoms with Crippen LogP contribution in [0.5, 0.6) is 0 Å². The molecule has 0 aromatic carbocycles. The Morgan fingerprint density at radius 2 is 1.24 bits per heavy atom. The van der Waals surface area contributed by atoms with Crippen molar-refractivity contribution in [2.45, 2.75) is 50.1 Å². The van der Waals surface area contributed by atoms with Gasteiger partial charge in [0.1, 0.15) is 5.52 Å². The summed E-state index contributed by atoms with van der Waals surface area (Å²) in [4.78, 5) is 39.5. The Morgan fingerprint density at radius 1 is 0.905 bits per heavy atom. The van der Waals surface area contributed by atoms with Crippen molar-refractivity contribution in [2.75, 3.05) is 0 Å². The standard InChI is InChI=1S/C8H19NO6P2.2Na.2H2O/c10-16(11,12)8(17(13,14)15)9-7-5-3-1-2-4-6-7;;;;/h7-9H,1-6H2,(H2,10,11,12)(H2,13,14,15);;;2*1H2/q;2*+1;;/p-2. The monoisotopic (exact) mass is 367 g/mol. The fraction of sp³-hybridized carbons (Fsp3) is 1.00. The number of nitrogens with one attached hydrogen (secondary N) is 1. The van der Waals surface area contributed by atoms with Gasteiger partial charge in [0, 0.05) is 6.04 Å². The Hall–Kier alpha value is 2.18. The van der Waals surface area contributed by atoms with Crippen molar-refractivity contribution in [1.82, 2.24) is 5.32 Å². The summed E-state index contributed by atoms with van der Waals surface area (Å²) in [6.07, 6.45) is 5.05. The van der Waals surface area contributed by atoms with Crippen molar-refractivity contribution in [3.05, 3.63) is 0 Å². The van der Waals surface area contributed by atoms with Gasteiger partial charge in [0.15, 0.2) is 15.2 Å². The van der Waals surface area contributed by atoms with E-state index < -0.39 is 20.7 Å². The van der Waals surface area contributed by atoms with Crippen LogP contribution < -0.4 is 74.2 Å². The van der Waals surface area contributed by atoms with Crippen LogP contribution >= 0.6 is 15.2 Å². The minimum atomic E-state index is -5.16. The molecule has 0 bridgehead atoms. The molecule has 0 amide bonds. The van der Waals surface area contributed by atoms with Gasteiger partial charge in [-0.15, -0.1) is 0 Å². The van der Waals surface area contributed by atoms with Gasteiger partial charge < -0.3 is 39.7 Å². The first-order valence-corrected chi connectivity index (χ1v) is 8.83. The van der Waals surface area contributed by atoms with Crippen LogP contribution in [0.25, 0.3) is 0 Å². The summed E-state index contributed by atoms with van der Waals surface area (Å²) in [5.74, 6) is 0. The van der Waals surface area contributed by atoms with Gasteiger partial charge in [-0.3, -0.25) is 5.32 Å². The molecule has 13 heteroatoms. The van der Waals surface area contributed by atoms with Crippen molar-refractivity contribution >= 4 is 15.2 Å². The summed E-state index contributed by atoms with van der Waals surface area (Å²) >= 11 is 0. The third-order valence-corrected chi connectivity index (χ3v) is 6.14. The van der Waals surface area contributed by atoms with Crippen LogP contribution in [0.3, 0.4) is 0 Å². The molecule has 0 aliphatic heterocycles. The first-order chi connectivity index (χ1) is 7.71. The second-order valence-corrected chi connectivity index (χ2v) is 8.05. The maximum Gasteiger partial charge on any atom is 1.00 e. The molecule has 1 fully saturated rings. The molecule has 0 radical (unpaired) electrons. The normalized spacial score (nSPS) is 22.5. The zero-order valence-corrected chi connectivity index (χ0v) is 18.1. The molecule has 1 aliphatic rings. The fourth-order valence-electron chi connectivity index (χ4n) is 2.03. The zero-order valence-electron chi connectivity index (χ0n) is 12.3. The molecule has 118 valence electrons. The Labute approximate surface area is 168 Å². The Morgan fingerprint density at radius 3 is 1.52 bits per heavy atom. The second-order valence-electron chi connectivity index (χ2n) is 4.36. The molecular formula is C8H21NNa2O8P2. The van der Waals surface area contributed by atoms with Crippen molar-refractivity contribution in [3.8, 4) is 0 Å².